The van der Waals surface area contributed by atoms with Crippen LogP contribution in [-0.4, -0.2) is 11.0 Å². The number of alkyl halides is 3. The van der Waals surface area contributed by atoms with Gasteiger partial charge in [-0.25, -0.2) is 4.98 Å². The van der Waals surface area contributed by atoms with E-state index in [1.807, 2.05) is 0 Å². The fraction of sp³-hybridized carbons (Fsp3) is 0.667. The molecule has 0 atom stereocenters. The first-order chi connectivity index (χ1) is 9.88. The molecule has 0 saturated heterocycles. The summed E-state index contributed by atoms with van der Waals surface area (Å²) in [6, 6.07) is 2.09. The fourth-order valence-electron chi connectivity index (χ4n) is 3.00. The second-order valence-electron chi connectivity index (χ2n) is 5.81. The number of hydrogen-bond donors (Lipinski definition) is 2. The van der Waals surface area contributed by atoms with Crippen molar-refractivity contribution in [1.29, 1.82) is 0 Å². The highest BCUT2D eigenvalue weighted by Crippen LogP contribution is 2.33. The molecular formula is C15H22F3N3. The Bertz CT molecular complexity index is 466. The van der Waals surface area contributed by atoms with Crippen LogP contribution in [0.4, 0.5) is 24.8 Å². The summed E-state index contributed by atoms with van der Waals surface area (Å²) in [7, 11) is 0. The number of pyridine rings is 1. The van der Waals surface area contributed by atoms with Crippen LogP contribution in [0.25, 0.3) is 0 Å². The van der Waals surface area contributed by atoms with Crippen LogP contribution in [0.2, 0.25) is 0 Å². The average molecular weight is 301 g/mol. The van der Waals surface area contributed by atoms with E-state index in [1.165, 1.54) is 12.8 Å². The Morgan fingerprint density at radius 1 is 1.24 bits per heavy atom. The Balaban J connectivity index is 1.99. The molecule has 1 fully saturated rings. The first kappa shape index (κ1) is 15.9. The molecule has 118 valence electrons. The molecule has 0 aliphatic heterocycles. The van der Waals surface area contributed by atoms with Crippen LogP contribution in [0.5, 0.6) is 0 Å². The molecule has 1 aliphatic carbocycles. The molecule has 0 unspecified atom stereocenters. The first-order valence-corrected chi connectivity index (χ1v) is 7.49. The van der Waals surface area contributed by atoms with Crippen LogP contribution < -0.4 is 11.1 Å². The monoisotopic (exact) mass is 301 g/mol. The zero-order chi connectivity index (χ0) is 15.5. The minimum atomic E-state index is -4.40. The summed E-state index contributed by atoms with van der Waals surface area (Å²) >= 11 is 0. The minimum Gasteiger partial charge on any atom is -0.384 e. The average Bonchev–Trinajstić information content (AvgIpc) is 2.40. The Kier molecular flexibility index (Phi) is 4.96. The largest absolute Gasteiger partial charge is 0.416 e. The molecule has 1 heterocycles. The van der Waals surface area contributed by atoms with Crippen LogP contribution in [0, 0.1) is 5.92 Å². The smallest absolute Gasteiger partial charge is 0.384 e. The van der Waals surface area contributed by atoms with Crippen molar-refractivity contribution in [2.75, 3.05) is 11.1 Å². The first-order valence-electron chi connectivity index (χ1n) is 7.49. The molecule has 0 spiro atoms. The Labute approximate surface area is 123 Å². The van der Waals surface area contributed by atoms with Gasteiger partial charge in [-0.15, -0.1) is 0 Å². The van der Waals surface area contributed by atoms with Crippen molar-refractivity contribution in [3.05, 3.63) is 17.7 Å². The van der Waals surface area contributed by atoms with Crippen molar-refractivity contribution in [3.63, 3.8) is 0 Å². The lowest BCUT2D eigenvalue weighted by Gasteiger charge is -2.29. The van der Waals surface area contributed by atoms with Gasteiger partial charge in [-0.1, -0.05) is 19.8 Å². The van der Waals surface area contributed by atoms with E-state index in [0.29, 0.717) is 0 Å². The minimum absolute atomic E-state index is 0.105. The summed E-state index contributed by atoms with van der Waals surface area (Å²) < 4.78 is 38.3. The van der Waals surface area contributed by atoms with E-state index in [-0.39, 0.29) is 17.7 Å². The van der Waals surface area contributed by atoms with Crippen LogP contribution in [0.3, 0.4) is 0 Å². The quantitative estimate of drug-likeness (QED) is 0.863. The predicted octanol–water partition coefficient (Wildman–Crippen LogP) is 4.45. The molecule has 0 aromatic carbocycles. The molecule has 1 aromatic rings. The van der Waals surface area contributed by atoms with E-state index < -0.39 is 11.7 Å². The van der Waals surface area contributed by atoms with Gasteiger partial charge in [0.05, 0.1) is 5.56 Å². The number of aromatic nitrogens is 1. The van der Waals surface area contributed by atoms with Gasteiger partial charge in [0.2, 0.25) is 0 Å². The van der Waals surface area contributed by atoms with E-state index in [9.17, 15) is 13.2 Å². The molecular weight excluding hydrogens is 279 g/mol. The molecule has 21 heavy (non-hydrogen) atoms. The maximum absolute atomic E-state index is 12.8. The molecule has 0 bridgehead atoms. The summed E-state index contributed by atoms with van der Waals surface area (Å²) in [5, 5.41) is 3.11. The number of nitrogen functional groups attached to an aromatic ring is 1. The van der Waals surface area contributed by atoms with Crippen molar-refractivity contribution in [1.82, 2.24) is 4.98 Å². The van der Waals surface area contributed by atoms with E-state index >= 15 is 0 Å². The van der Waals surface area contributed by atoms with Crippen LogP contribution in [-0.2, 0) is 6.18 Å². The van der Waals surface area contributed by atoms with Gasteiger partial charge in [-0.2, -0.15) is 13.2 Å². The van der Waals surface area contributed by atoms with Crippen molar-refractivity contribution < 1.29 is 13.2 Å². The summed E-state index contributed by atoms with van der Waals surface area (Å²) in [4.78, 5) is 3.96. The highest BCUT2D eigenvalue weighted by Gasteiger charge is 2.31. The molecule has 0 radical (unpaired) electrons. The van der Waals surface area contributed by atoms with E-state index in [1.54, 1.807) is 0 Å². The van der Waals surface area contributed by atoms with Crippen LogP contribution in [0.1, 0.15) is 51.0 Å². The van der Waals surface area contributed by atoms with E-state index in [0.717, 1.165) is 43.7 Å². The van der Waals surface area contributed by atoms with Gasteiger partial charge in [0.25, 0.3) is 0 Å². The normalized spacial score (nSPS) is 23.0. The third kappa shape index (κ3) is 4.51. The molecule has 1 aromatic heterocycles. The summed E-state index contributed by atoms with van der Waals surface area (Å²) in [6.45, 7) is 2.18. The number of anilines is 2. The topological polar surface area (TPSA) is 50.9 Å². The predicted molar refractivity (Wildman–Crippen MR) is 77.9 cm³/mol. The van der Waals surface area contributed by atoms with E-state index in [4.69, 9.17) is 5.73 Å². The zero-order valence-corrected chi connectivity index (χ0v) is 12.2. The standard InChI is InChI=1S/C15H22F3N3/c1-2-3-10-4-6-12(7-5-10)20-14-9-11(15(16,17)18)8-13(19)21-14/h8-10,12H,2-7H2,1H3,(H3,19,20,21). The van der Waals surface area contributed by atoms with Gasteiger partial charge in [0, 0.05) is 6.04 Å². The molecule has 2 rings (SSSR count). The Morgan fingerprint density at radius 3 is 2.48 bits per heavy atom. The Morgan fingerprint density at radius 2 is 1.90 bits per heavy atom. The number of halogens is 3. The van der Waals surface area contributed by atoms with Gasteiger partial charge < -0.3 is 11.1 Å². The number of hydrogen-bond acceptors (Lipinski definition) is 3. The van der Waals surface area contributed by atoms with Crippen molar-refractivity contribution in [2.24, 2.45) is 5.92 Å². The number of nitrogens with zero attached hydrogens (tertiary/aromatic N) is 1. The summed E-state index contributed by atoms with van der Waals surface area (Å²) in [5.74, 6) is 0.876. The lowest BCUT2D eigenvalue weighted by atomic mass is 9.83. The third-order valence-electron chi connectivity index (χ3n) is 4.07. The maximum atomic E-state index is 12.8. The lowest BCUT2D eigenvalue weighted by molar-refractivity contribution is -0.137. The summed E-state index contributed by atoms with van der Waals surface area (Å²) in [5.41, 5.74) is 4.72. The number of nitrogens with one attached hydrogen (secondary N) is 1. The maximum Gasteiger partial charge on any atom is 0.416 e. The molecule has 6 heteroatoms. The third-order valence-corrected chi connectivity index (χ3v) is 4.07. The fourth-order valence-corrected chi connectivity index (χ4v) is 3.00. The number of rotatable bonds is 4. The molecule has 0 amide bonds. The SMILES string of the molecule is CCCC1CCC(Nc2cc(C(F)(F)F)cc(N)n2)CC1. The van der Waals surface area contributed by atoms with Gasteiger partial charge >= 0.3 is 6.18 Å². The molecule has 3 N–H and O–H groups in total. The second kappa shape index (κ2) is 6.54. The van der Waals surface area contributed by atoms with Crippen molar-refractivity contribution in [2.45, 2.75) is 57.7 Å². The van der Waals surface area contributed by atoms with Crippen LogP contribution >= 0.6 is 0 Å². The molecule has 1 saturated carbocycles. The molecule has 3 nitrogen and oxygen atoms in total. The van der Waals surface area contributed by atoms with Crippen molar-refractivity contribution >= 4 is 11.6 Å². The molecule has 1 aliphatic rings. The second-order valence-corrected chi connectivity index (χ2v) is 5.81. The van der Waals surface area contributed by atoms with Crippen LogP contribution in [0.15, 0.2) is 12.1 Å². The lowest BCUT2D eigenvalue weighted by Crippen LogP contribution is -2.26. The van der Waals surface area contributed by atoms with Gasteiger partial charge in [-0.3, -0.25) is 0 Å². The van der Waals surface area contributed by atoms with E-state index in [2.05, 4.69) is 17.2 Å². The van der Waals surface area contributed by atoms with Gasteiger partial charge in [-0.05, 0) is 43.7 Å². The van der Waals surface area contributed by atoms with Crippen molar-refractivity contribution in [3.8, 4) is 0 Å². The highest BCUT2D eigenvalue weighted by atomic mass is 19.4. The summed E-state index contributed by atoms with van der Waals surface area (Å²) in [6.07, 6.45) is 2.23. The van der Waals surface area contributed by atoms with Gasteiger partial charge in [0.15, 0.2) is 0 Å². The Hall–Kier alpha value is -1.46. The van der Waals surface area contributed by atoms with Gasteiger partial charge in [0.1, 0.15) is 11.6 Å². The zero-order valence-electron chi connectivity index (χ0n) is 12.2. The highest BCUT2D eigenvalue weighted by molar-refractivity contribution is 5.48. The number of nitrogens with two attached hydrogens (primary N) is 1.